The molecule has 0 spiro atoms. The molecule has 0 aliphatic carbocycles. The summed E-state index contributed by atoms with van der Waals surface area (Å²) in [5, 5.41) is 4.55. The zero-order valence-corrected chi connectivity index (χ0v) is 25.8. The zero-order valence-electron chi connectivity index (χ0n) is 24.2. The molecule has 0 fully saturated rings. The van der Waals surface area contributed by atoms with E-state index in [4.69, 9.17) is 4.98 Å². The lowest BCUT2D eigenvalue weighted by Crippen LogP contribution is -2.46. The number of aryl methyl sites for hydroxylation is 3. The van der Waals surface area contributed by atoms with Crippen LogP contribution in [0.2, 0.25) is 0 Å². The van der Waals surface area contributed by atoms with Gasteiger partial charge in [-0.05, 0) is 69.7 Å². The maximum absolute atomic E-state index is 14.2. The number of alkyl halides is 3. The van der Waals surface area contributed by atoms with E-state index in [1.54, 1.807) is 23.9 Å². The van der Waals surface area contributed by atoms with Crippen LogP contribution in [0, 0.1) is 13.8 Å². The van der Waals surface area contributed by atoms with Crippen LogP contribution in [0.15, 0.2) is 70.3 Å². The van der Waals surface area contributed by atoms with Crippen LogP contribution in [-0.2, 0) is 26.2 Å². The van der Waals surface area contributed by atoms with Crippen LogP contribution in [0.3, 0.4) is 0 Å². The lowest BCUT2D eigenvalue weighted by atomic mass is 9.98. The van der Waals surface area contributed by atoms with E-state index < -0.39 is 23.7 Å². The van der Waals surface area contributed by atoms with Gasteiger partial charge < -0.3 is 9.47 Å². The molecule has 1 aromatic carbocycles. The minimum atomic E-state index is -4.64. The van der Waals surface area contributed by atoms with E-state index in [1.165, 1.54) is 21.6 Å². The van der Waals surface area contributed by atoms with E-state index in [9.17, 15) is 22.8 Å². The molecule has 0 bridgehead atoms. The van der Waals surface area contributed by atoms with Gasteiger partial charge in [-0.1, -0.05) is 15.9 Å². The number of amides is 1. The third-order valence-corrected chi connectivity index (χ3v) is 8.41. The summed E-state index contributed by atoms with van der Waals surface area (Å²) in [6, 6.07) is 10.4. The highest BCUT2D eigenvalue weighted by atomic mass is 79.9. The van der Waals surface area contributed by atoms with Crippen molar-refractivity contribution in [1.82, 2.24) is 33.8 Å². The molecule has 0 radical (unpaired) electrons. The number of aromatic nitrogens is 6. The Labute approximate surface area is 258 Å². The zero-order chi connectivity index (χ0) is 31.5. The van der Waals surface area contributed by atoms with Crippen LogP contribution in [0.4, 0.5) is 13.2 Å². The molecule has 6 rings (SSSR count). The topological polar surface area (TPSA) is 90.8 Å². The quantitative estimate of drug-likeness (QED) is 0.242. The number of carbonyl (C=O) groups is 1. The molecular formula is C31H27BrF3N7O2. The molecule has 44 heavy (non-hydrogen) atoms. The molecule has 226 valence electrons. The van der Waals surface area contributed by atoms with Gasteiger partial charge in [0, 0.05) is 64.1 Å². The third kappa shape index (κ3) is 5.25. The largest absolute Gasteiger partial charge is 0.417 e. The normalized spacial score (nSPS) is 15.0. The average Bonchev–Trinajstić information content (AvgIpc) is 3.56. The van der Waals surface area contributed by atoms with Gasteiger partial charge in [-0.2, -0.15) is 18.3 Å². The second kappa shape index (κ2) is 10.9. The minimum Gasteiger partial charge on any atom is -0.357 e. The molecule has 1 amide bonds. The second-order valence-electron chi connectivity index (χ2n) is 11.0. The monoisotopic (exact) mass is 665 g/mol. The molecule has 1 atom stereocenters. The van der Waals surface area contributed by atoms with Crippen LogP contribution in [0.1, 0.15) is 45.5 Å². The summed E-state index contributed by atoms with van der Waals surface area (Å²) in [4.78, 5) is 38.6. The number of pyridine rings is 1. The van der Waals surface area contributed by atoms with Crippen LogP contribution in [0.25, 0.3) is 22.9 Å². The highest BCUT2D eigenvalue weighted by Gasteiger charge is 2.36. The SMILES string of the molecule is Cc1cc(C)n(-c2nc3c(c(=O)n2-c2ccc(-c4ccn(C)c4)cn2)CC(C)N(C(=O)c2ccc(Br)c(C(F)(F)F)c2)C3)n1. The van der Waals surface area contributed by atoms with Crippen LogP contribution >= 0.6 is 15.9 Å². The smallest absolute Gasteiger partial charge is 0.357 e. The van der Waals surface area contributed by atoms with Crippen molar-refractivity contribution in [3.05, 3.63) is 110 Å². The molecular weight excluding hydrogens is 639 g/mol. The van der Waals surface area contributed by atoms with Crippen LogP contribution < -0.4 is 5.56 Å². The van der Waals surface area contributed by atoms with Crippen molar-refractivity contribution >= 4 is 21.8 Å². The van der Waals surface area contributed by atoms with E-state index >= 15 is 0 Å². The number of hydrogen-bond acceptors (Lipinski definition) is 5. The van der Waals surface area contributed by atoms with Gasteiger partial charge in [0.15, 0.2) is 0 Å². The van der Waals surface area contributed by atoms with Crippen molar-refractivity contribution in [2.45, 2.75) is 46.0 Å². The molecule has 4 aromatic heterocycles. The Morgan fingerprint density at radius 3 is 2.45 bits per heavy atom. The van der Waals surface area contributed by atoms with E-state index in [0.29, 0.717) is 17.1 Å². The standard InChI is InChI=1S/C31H27BrF3N7O2/c1-17-11-19(3)42(38-17)30-37-26-16-40(28(43)20-5-7-25(32)24(13-20)31(33,34)35)18(2)12-23(26)29(44)41(30)27-8-6-21(14-36-27)22-9-10-39(4)15-22/h5-11,13-15,18H,12,16H2,1-4H3. The Kier molecular flexibility index (Phi) is 7.31. The van der Waals surface area contributed by atoms with Crippen molar-refractivity contribution in [2.24, 2.45) is 7.05 Å². The number of halogens is 4. The molecule has 1 aliphatic rings. The molecule has 5 aromatic rings. The van der Waals surface area contributed by atoms with Crippen molar-refractivity contribution in [1.29, 1.82) is 0 Å². The van der Waals surface area contributed by atoms with Gasteiger partial charge in [-0.15, -0.1) is 0 Å². The van der Waals surface area contributed by atoms with Crippen molar-refractivity contribution < 1.29 is 18.0 Å². The molecule has 0 saturated heterocycles. The lowest BCUT2D eigenvalue weighted by Gasteiger charge is -2.34. The average molecular weight is 667 g/mol. The van der Waals surface area contributed by atoms with Crippen molar-refractivity contribution in [3.8, 4) is 22.9 Å². The first-order chi connectivity index (χ1) is 20.8. The number of nitrogens with zero attached hydrogens (tertiary/aromatic N) is 7. The minimum absolute atomic E-state index is 0.0600. The number of fused-ring (bicyclic) bond motifs is 1. The second-order valence-corrected chi connectivity index (χ2v) is 11.8. The van der Waals surface area contributed by atoms with Gasteiger partial charge in [0.2, 0.25) is 5.95 Å². The fraction of sp³-hybridized carbons (Fsp3) is 0.258. The third-order valence-electron chi connectivity index (χ3n) is 7.72. The van der Waals surface area contributed by atoms with Crippen molar-refractivity contribution in [3.63, 3.8) is 0 Å². The molecule has 0 N–H and O–H groups in total. The first-order valence-corrected chi connectivity index (χ1v) is 14.6. The fourth-order valence-corrected chi connectivity index (χ4v) is 5.97. The van der Waals surface area contributed by atoms with Crippen LogP contribution in [-0.4, -0.2) is 45.7 Å². The van der Waals surface area contributed by atoms with E-state index in [0.717, 1.165) is 28.6 Å². The summed E-state index contributed by atoms with van der Waals surface area (Å²) in [6.07, 6.45) is 1.12. The van der Waals surface area contributed by atoms with Crippen LogP contribution in [0.5, 0.6) is 0 Å². The Balaban J connectivity index is 1.44. The Bertz CT molecular complexity index is 1980. The van der Waals surface area contributed by atoms with E-state index in [2.05, 4.69) is 26.0 Å². The highest BCUT2D eigenvalue weighted by Crippen LogP contribution is 2.36. The summed E-state index contributed by atoms with van der Waals surface area (Å²) in [7, 11) is 1.93. The summed E-state index contributed by atoms with van der Waals surface area (Å²) in [6.45, 7) is 5.36. The van der Waals surface area contributed by atoms with Crippen molar-refractivity contribution in [2.75, 3.05) is 0 Å². The highest BCUT2D eigenvalue weighted by molar-refractivity contribution is 9.10. The van der Waals surface area contributed by atoms with E-state index in [-0.39, 0.29) is 34.5 Å². The molecule has 1 aliphatic heterocycles. The number of benzene rings is 1. The predicted molar refractivity (Wildman–Crippen MR) is 161 cm³/mol. The maximum Gasteiger partial charge on any atom is 0.417 e. The van der Waals surface area contributed by atoms with E-state index in [1.807, 2.05) is 56.1 Å². The molecule has 0 saturated carbocycles. The predicted octanol–water partition coefficient (Wildman–Crippen LogP) is 5.80. The molecule has 5 heterocycles. The number of carbonyl (C=O) groups excluding carboxylic acids is 1. The van der Waals surface area contributed by atoms with Gasteiger partial charge in [-0.3, -0.25) is 9.59 Å². The first kappa shape index (κ1) is 29.5. The first-order valence-electron chi connectivity index (χ1n) is 13.8. The fourth-order valence-electron chi connectivity index (χ4n) is 5.50. The molecule has 1 unspecified atom stereocenters. The Morgan fingerprint density at radius 2 is 1.84 bits per heavy atom. The van der Waals surface area contributed by atoms with Gasteiger partial charge in [0.1, 0.15) is 5.82 Å². The molecule has 13 heteroatoms. The number of hydrogen-bond donors (Lipinski definition) is 0. The Hall–Kier alpha value is -4.52. The summed E-state index contributed by atoms with van der Waals surface area (Å²) >= 11 is 2.93. The van der Waals surface area contributed by atoms with Gasteiger partial charge in [-0.25, -0.2) is 19.2 Å². The molecule has 9 nitrogen and oxygen atoms in total. The maximum atomic E-state index is 14.2. The summed E-state index contributed by atoms with van der Waals surface area (Å²) in [5.41, 5.74) is 2.68. The number of rotatable bonds is 4. The van der Waals surface area contributed by atoms with Gasteiger partial charge >= 0.3 is 6.18 Å². The summed E-state index contributed by atoms with van der Waals surface area (Å²) < 4.78 is 45.4. The van der Waals surface area contributed by atoms with Gasteiger partial charge in [0.05, 0.1) is 23.5 Å². The Morgan fingerprint density at radius 1 is 1.07 bits per heavy atom. The van der Waals surface area contributed by atoms with Gasteiger partial charge in [0.25, 0.3) is 11.5 Å². The summed E-state index contributed by atoms with van der Waals surface area (Å²) in [5.74, 6) is -0.0320. The lowest BCUT2D eigenvalue weighted by molar-refractivity contribution is -0.138.